The summed E-state index contributed by atoms with van der Waals surface area (Å²) in [6.07, 6.45) is -0.350. The van der Waals surface area contributed by atoms with Gasteiger partial charge in [-0.3, -0.25) is 10.1 Å². The van der Waals surface area contributed by atoms with Crippen molar-refractivity contribution < 1.29 is 19.6 Å². The van der Waals surface area contributed by atoms with Crippen LogP contribution < -0.4 is 0 Å². The van der Waals surface area contributed by atoms with Gasteiger partial charge in [-0.2, -0.15) is 0 Å². The molecular formula is C11H12N2O5. The van der Waals surface area contributed by atoms with Crippen LogP contribution in [0.25, 0.3) is 0 Å². The lowest BCUT2D eigenvalue weighted by molar-refractivity contribution is -0.385. The van der Waals surface area contributed by atoms with Crippen LogP contribution in [0.4, 0.5) is 5.69 Å². The number of nitrogens with zero attached hydrogens (tertiary/aromatic N) is 2. The van der Waals surface area contributed by atoms with E-state index >= 15 is 0 Å². The number of nitro groups is 1. The van der Waals surface area contributed by atoms with Crippen molar-refractivity contribution in [3.05, 3.63) is 39.9 Å². The van der Waals surface area contributed by atoms with Gasteiger partial charge in [-0.15, -0.1) is 0 Å². The molecule has 0 aromatic heterocycles. The van der Waals surface area contributed by atoms with Crippen LogP contribution in [-0.2, 0) is 9.47 Å². The molecule has 1 fully saturated rings. The fourth-order valence-corrected chi connectivity index (χ4v) is 1.76. The Hall–Kier alpha value is -1.99. The fraction of sp³-hybridized carbons (Fsp3) is 0.364. The largest absolute Gasteiger partial charge is 0.411 e. The van der Waals surface area contributed by atoms with Crippen LogP contribution in [0.15, 0.2) is 29.4 Å². The highest BCUT2D eigenvalue weighted by atomic mass is 16.7. The molecule has 0 atom stereocenters. The molecule has 0 radical (unpaired) electrons. The second-order valence-corrected chi connectivity index (χ2v) is 3.70. The highest BCUT2D eigenvalue weighted by Crippen LogP contribution is 2.22. The van der Waals surface area contributed by atoms with Gasteiger partial charge < -0.3 is 14.7 Å². The van der Waals surface area contributed by atoms with Crippen molar-refractivity contribution in [1.82, 2.24) is 0 Å². The van der Waals surface area contributed by atoms with E-state index in [1.54, 1.807) is 12.1 Å². The Labute approximate surface area is 103 Å². The van der Waals surface area contributed by atoms with E-state index in [1.165, 1.54) is 12.1 Å². The van der Waals surface area contributed by atoms with Gasteiger partial charge in [0.15, 0.2) is 6.29 Å². The maximum atomic E-state index is 10.9. The summed E-state index contributed by atoms with van der Waals surface area (Å²) in [5.41, 5.74) is 0.335. The summed E-state index contributed by atoms with van der Waals surface area (Å²) in [5, 5.41) is 23.0. The Bertz CT molecular complexity index is 468. The van der Waals surface area contributed by atoms with Crippen molar-refractivity contribution in [3.8, 4) is 0 Å². The monoisotopic (exact) mass is 252 g/mol. The molecule has 1 aromatic carbocycles. The average molecular weight is 252 g/mol. The van der Waals surface area contributed by atoms with Gasteiger partial charge in [-0.05, 0) is 6.07 Å². The Balaban J connectivity index is 2.24. The van der Waals surface area contributed by atoms with Gasteiger partial charge in [0.25, 0.3) is 5.69 Å². The quantitative estimate of drug-likeness (QED) is 0.379. The average Bonchev–Trinajstić information content (AvgIpc) is 2.88. The molecule has 2 rings (SSSR count). The van der Waals surface area contributed by atoms with E-state index in [2.05, 4.69) is 5.16 Å². The van der Waals surface area contributed by atoms with E-state index in [0.29, 0.717) is 13.2 Å². The Morgan fingerprint density at radius 2 is 2.11 bits per heavy atom. The van der Waals surface area contributed by atoms with Crippen molar-refractivity contribution in [2.75, 3.05) is 13.2 Å². The fourth-order valence-electron chi connectivity index (χ4n) is 1.76. The normalized spacial score (nSPS) is 17.0. The predicted octanol–water partition coefficient (Wildman–Crippen LogP) is 1.54. The SMILES string of the molecule is O=[N+]([O-])c1ccccc1/C(CC1OCCO1)=N/O. The van der Waals surface area contributed by atoms with Crippen molar-refractivity contribution in [2.45, 2.75) is 12.7 Å². The molecule has 18 heavy (non-hydrogen) atoms. The highest BCUT2D eigenvalue weighted by molar-refractivity contribution is 6.03. The second-order valence-electron chi connectivity index (χ2n) is 3.70. The van der Waals surface area contributed by atoms with E-state index in [1.807, 2.05) is 0 Å². The number of para-hydroxylation sites is 1. The number of oxime groups is 1. The van der Waals surface area contributed by atoms with Gasteiger partial charge in [0.05, 0.1) is 29.4 Å². The molecular weight excluding hydrogens is 240 g/mol. The molecule has 0 bridgehead atoms. The van der Waals surface area contributed by atoms with Gasteiger partial charge in [0, 0.05) is 12.5 Å². The number of rotatable bonds is 4. The van der Waals surface area contributed by atoms with Gasteiger partial charge in [-0.25, -0.2) is 0 Å². The lowest BCUT2D eigenvalue weighted by atomic mass is 10.1. The topological polar surface area (TPSA) is 94.2 Å². The number of ether oxygens (including phenoxy) is 2. The molecule has 0 spiro atoms. The van der Waals surface area contributed by atoms with E-state index in [9.17, 15) is 10.1 Å². The minimum Gasteiger partial charge on any atom is -0.411 e. The molecule has 0 unspecified atom stereocenters. The first-order chi connectivity index (χ1) is 8.72. The van der Waals surface area contributed by atoms with Crippen LogP contribution in [-0.4, -0.2) is 35.3 Å². The zero-order valence-electron chi connectivity index (χ0n) is 9.48. The lowest BCUT2D eigenvalue weighted by Crippen LogP contribution is -2.16. The van der Waals surface area contributed by atoms with Crippen molar-refractivity contribution in [3.63, 3.8) is 0 Å². The van der Waals surface area contributed by atoms with Gasteiger partial charge >= 0.3 is 0 Å². The van der Waals surface area contributed by atoms with E-state index in [-0.39, 0.29) is 23.4 Å². The van der Waals surface area contributed by atoms with Crippen LogP contribution in [0.2, 0.25) is 0 Å². The van der Waals surface area contributed by atoms with Gasteiger partial charge in [0.2, 0.25) is 0 Å². The molecule has 1 aliphatic heterocycles. The smallest absolute Gasteiger partial charge is 0.278 e. The molecule has 0 aliphatic carbocycles. The molecule has 1 aliphatic rings. The third kappa shape index (κ3) is 2.63. The minimum absolute atomic E-state index is 0.108. The van der Waals surface area contributed by atoms with E-state index < -0.39 is 11.2 Å². The first kappa shape index (κ1) is 12.5. The molecule has 1 heterocycles. The van der Waals surface area contributed by atoms with Gasteiger partial charge in [-0.1, -0.05) is 17.3 Å². The third-order valence-electron chi connectivity index (χ3n) is 2.58. The van der Waals surface area contributed by atoms with Crippen LogP contribution >= 0.6 is 0 Å². The summed E-state index contributed by atoms with van der Waals surface area (Å²) < 4.78 is 10.4. The Kier molecular flexibility index (Phi) is 3.85. The number of benzene rings is 1. The maximum absolute atomic E-state index is 10.9. The third-order valence-corrected chi connectivity index (χ3v) is 2.58. The molecule has 0 amide bonds. The minimum atomic E-state index is -0.518. The predicted molar refractivity (Wildman–Crippen MR) is 61.7 cm³/mol. The second kappa shape index (κ2) is 5.56. The van der Waals surface area contributed by atoms with Crippen LogP contribution in [0, 0.1) is 10.1 Å². The zero-order chi connectivity index (χ0) is 13.0. The van der Waals surface area contributed by atoms with Crippen molar-refractivity contribution >= 4 is 11.4 Å². The summed E-state index contributed by atoms with van der Waals surface area (Å²) in [6.45, 7) is 0.945. The highest BCUT2D eigenvalue weighted by Gasteiger charge is 2.24. The maximum Gasteiger partial charge on any atom is 0.278 e. The molecule has 1 saturated heterocycles. The summed E-state index contributed by atoms with van der Waals surface area (Å²) in [6, 6.07) is 6.09. The molecule has 0 saturated carbocycles. The van der Waals surface area contributed by atoms with E-state index in [4.69, 9.17) is 14.7 Å². The summed E-state index contributed by atoms with van der Waals surface area (Å²) in [5.74, 6) is 0. The summed E-state index contributed by atoms with van der Waals surface area (Å²) >= 11 is 0. The number of hydrogen-bond acceptors (Lipinski definition) is 6. The Morgan fingerprint density at radius 3 is 2.72 bits per heavy atom. The van der Waals surface area contributed by atoms with Gasteiger partial charge in [0.1, 0.15) is 0 Å². The lowest BCUT2D eigenvalue weighted by Gasteiger charge is -2.10. The number of nitro benzene ring substituents is 1. The standard InChI is InChI=1S/C11H12N2O5/c14-12-9(7-11-17-5-6-18-11)8-3-1-2-4-10(8)13(15)16/h1-4,11,14H,5-7H2/b12-9+. The van der Waals surface area contributed by atoms with Crippen molar-refractivity contribution in [2.24, 2.45) is 5.16 Å². The molecule has 1 aromatic rings. The first-order valence-electron chi connectivity index (χ1n) is 5.40. The molecule has 1 N–H and O–H groups in total. The van der Waals surface area contributed by atoms with E-state index in [0.717, 1.165) is 0 Å². The summed E-state index contributed by atoms with van der Waals surface area (Å²) in [4.78, 5) is 10.4. The van der Waals surface area contributed by atoms with Crippen LogP contribution in [0.1, 0.15) is 12.0 Å². The number of hydrogen-bond donors (Lipinski definition) is 1. The molecule has 7 heteroatoms. The van der Waals surface area contributed by atoms with Crippen LogP contribution in [0.5, 0.6) is 0 Å². The Morgan fingerprint density at radius 1 is 1.44 bits per heavy atom. The van der Waals surface area contributed by atoms with Crippen molar-refractivity contribution in [1.29, 1.82) is 0 Å². The zero-order valence-corrected chi connectivity index (χ0v) is 9.48. The first-order valence-corrected chi connectivity index (χ1v) is 5.40. The molecule has 96 valence electrons. The van der Waals surface area contributed by atoms with Crippen LogP contribution in [0.3, 0.4) is 0 Å². The molecule has 7 nitrogen and oxygen atoms in total. The summed E-state index contributed by atoms with van der Waals surface area (Å²) in [7, 11) is 0.